The number of halogens is 3. The molecule has 3 nitrogen and oxygen atoms in total. The van der Waals surface area contributed by atoms with Gasteiger partial charge in [0.25, 0.3) is 0 Å². The fraction of sp³-hybridized carbons (Fsp3) is 0.538. The van der Waals surface area contributed by atoms with E-state index in [2.05, 4.69) is 31.9 Å². The molecule has 0 aliphatic heterocycles. The summed E-state index contributed by atoms with van der Waals surface area (Å²) in [6, 6.07) is 4.05. The zero-order valence-electron chi connectivity index (χ0n) is 10.9. The Morgan fingerprint density at radius 2 is 1.95 bits per heavy atom. The average molecular weight is 429 g/mol. The van der Waals surface area contributed by atoms with Gasteiger partial charge in [-0.15, -0.1) is 0 Å². The van der Waals surface area contributed by atoms with Crippen LogP contribution in [0.25, 0.3) is 0 Å². The zero-order valence-corrected chi connectivity index (χ0v) is 14.8. The maximum atomic E-state index is 14.0. The largest absolute Gasteiger partial charge is 0.246 e. The van der Waals surface area contributed by atoms with Crippen LogP contribution in [-0.2, 0) is 10.0 Å². The number of rotatable bonds is 5. The monoisotopic (exact) mass is 427 g/mol. The summed E-state index contributed by atoms with van der Waals surface area (Å²) in [4.78, 5) is -0.242. The minimum absolute atomic E-state index is 0.0133. The molecule has 1 aromatic rings. The van der Waals surface area contributed by atoms with E-state index >= 15 is 0 Å². The predicted molar refractivity (Wildman–Crippen MR) is 84.0 cm³/mol. The van der Waals surface area contributed by atoms with Crippen molar-refractivity contribution in [2.24, 2.45) is 0 Å². The number of benzene rings is 1. The third-order valence-electron chi connectivity index (χ3n) is 3.52. The van der Waals surface area contributed by atoms with Crippen LogP contribution in [0.5, 0.6) is 0 Å². The van der Waals surface area contributed by atoms with Crippen LogP contribution in [0.15, 0.2) is 27.6 Å². The van der Waals surface area contributed by atoms with E-state index in [4.69, 9.17) is 0 Å². The number of sulfonamides is 1. The topological polar surface area (TPSA) is 37.4 Å². The molecule has 1 aliphatic carbocycles. The quantitative estimate of drug-likeness (QED) is 0.666. The lowest BCUT2D eigenvalue weighted by molar-refractivity contribution is 0.336. The van der Waals surface area contributed by atoms with Gasteiger partial charge in [0.05, 0.1) is 0 Å². The summed E-state index contributed by atoms with van der Waals surface area (Å²) in [5.41, 5.74) is 0. The molecule has 20 heavy (non-hydrogen) atoms. The van der Waals surface area contributed by atoms with Gasteiger partial charge >= 0.3 is 0 Å². The zero-order chi connectivity index (χ0) is 14.8. The van der Waals surface area contributed by atoms with Crippen molar-refractivity contribution in [2.75, 3.05) is 11.9 Å². The molecule has 0 heterocycles. The van der Waals surface area contributed by atoms with Crippen LogP contribution in [0, 0.1) is 5.82 Å². The van der Waals surface area contributed by atoms with Crippen LogP contribution in [0.2, 0.25) is 0 Å². The second-order valence-corrected chi connectivity index (χ2v) is 8.39. The Bertz CT molecular complexity index is 574. The van der Waals surface area contributed by atoms with Gasteiger partial charge in [0.15, 0.2) is 0 Å². The van der Waals surface area contributed by atoms with E-state index in [-0.39, 0.29) is 10.9 Å². The van der Waals surface area contributed by atoms with Crippen molar-refractivity contribution in [3.63, 3.8) is 0 Å². The highest BCUT2D eigenvalue weighted by atomic mass is 79.9. The van der Waals surface area contributed by atoms with E-state index in [1.54, 1.807) is 6.07 Å². The third-order valence-corrected chi connectivity index (χ3v) is 6.35. The van der Waals surface area contributed by atoms with Crippen molar-refractivity contribution in [1.82, 2.24) is 4.31 Å². The number of hydrogen-bond donors (Lipinski definition) is 0. The first kappa shape index (κ1) is 16.4. The number of alkyl halides is 1. The molecule has 7 heteroatoms. The molecular formula is C13H16Br2FNO2S. The van der Waals surface area contributed by atoms with Gasteiger partial charge in [-0.3, -0.25) is 0 Å². The van der Waals surface area contributed by atoms with E-state index in [1.165, 1.54) is 16.4 Å². The summed E-state index contributed by atoms with van der Waals surface area (Å²) in [6.45, 7) is 0.364. The van der Waals surface area contributed by atoms with Crippen LogP contribution in [0.4, 0.5) is 4.39 Å². The van der Waals surface area contributed by atoms with Crippen LogP contribution in [0.3, 0.4) is 0 Å². The maximum absolute atomic E-state index is 14.0. The molecule has 1 saturated carbocycles. The summed E-state index contributed by atoms with van der Waals surface area (Å²) in [5, 5.41) is 0.543. The number of nitrogens with zero attached hydrogens (tertiary/aromatic N) is 1. The lowest BCUT2D eigenvalue weighted by atomic mass is 10.2. The van der Waals surface area contributed by atoms with Gasteiger partial charge < -0.3 is 0 Å². The third kappa shape index (κ3) is 3.43. The molecule has 0 unspecified atom stereocenters. The van der Waals surface area contributed by atoms with Crippen LogP contribution in [0.1, 0.15) is 25.7 Å². The Morgan fingerprint density at radius 3 is 2.50 bits per heavy atom. The minimum atomic E-state index is -3.79. The molecule has 0 N–H and O–H groups in total. The Morgan fingerprint density at radius 1 is 1.30 bits per heavy atom. The van der Waals surface area contributed by atoms with Crippen molar-refractivity contribution in [3.05, 3.63) is 28.5 Å². The normalized spacial score (nSPS) is 17.0. The highest BCUT2D eigenvalue weighted by molar-refractivity contribution is 9.10. The van der Waals surface area contributed by atoms with Crippen molar-refractivity contribution in [1.29, 1.82) is 0 Å². The van der Waals surface area contributed by atoms with Crippen LogP contribution >= 0.6 is 31.9 Å². The van der Waals surface area contributed by atoms with Crippen molar-refractivity contribution in [2.45, 2.75) is 36.6 Å². The molecule has 112 valence electrons. The van der Waals surface area contributed by atoms with Gasteiger partial charge in [0, 0.05) is 22.4 Å². The second kappa shape index (κ2) is 6.85. The molecule has 0 spiro atoms. The van der Waals surface area contributed by atoms with Crippen LogP contribution in [-0.4, -0.2) is 30.6 Å². The summed E-state index contributed by atoms with van der Waals surface area (Å²) < 4.78 is 41.3. The molecule has 2 rings (SSSR count). The van der Waals surface area contributed by atoms with Crippen LogP contribution < -0.4 is 0 Å². The van der Waals surface area contributed by atoms with Gasteiger partial charge in [0.2, 0.25) is 10.0 Å². The highest BCUT2D eigenvalue weighted by Gasteiger charge is 2.34. The van der Waals surface area contributed by atoms with Crippen molar-refractivity contribution >= 4 is 41.9 Å². The standard InChI is InChI=1S/C13H16Br2FNO2S/c14-7-8-17(11-3-1-2-4-11)20(18,19)13-6-5-10(15)9-12(13)16/h5-6,9,11H,1-4,7-8H2. The predicted octanol–water partition coefficient (Wildman–Crippen LogP) is 3.92. The molecule has 0 saturated heterocycles. The van der Waals surface area contributed by atoms with E-state index in [0.717, 1.165) is 25.7 Å². The van der Waals surface area contributed by atoms with Gasteiger partial charge in [0.1, 0.15) is 10.7 Å². The van der Waals surface area contributed by atoms with Gasteiger partial charge in [-0.1, -0.05) is 44.7 Å². The highest BCUT2D eigenvalue weighted by Crippen LogP contribution is 2.30. The first-order valence-electron chi connectivity index (χ1n) is 6.49. The van der Waals surface area contributed by atoms with Gasteiger partial charge in [-0.05, 0) is 31.0 Å². The number of hydrogen-bond acceptors (Lipinski definition) is 2. The van der Waals surface area contributed by atoms with E-state index in [1.807, 2.05) is 0 Å². The Labute approximate surface area is 135 Å². The lowest BCUT2D eigenvalue weighted by Gasteiger charge is -2.27. The molecule has 1 fully saturated rings. The van der Waals surface area contributed by atoms with E-state index < -0.39 is 15.8 Å². The molecule has 0 atom stereocenters. The summed E-state index contributed by atoms with van der Waals surface area (Å²) in [5.74, 6) is -0.711. The molecule has 0 aromatic heterocycles. The van der Waals surface area contributed by atoms with Gasteiger partial charge in [-0.2, -0.15) is 4.31 Å². The van der Waals surface area contributed by atoms with Gasteiger partial charge in [-0.25, -0.2) is 12.8 Å². The maximum Gasteiger partial charge on any atom is 0.246 e. The molecule has 0 radical (unpaired) electrons. The van der Waals surface area contributed by atoms with E-state index in [9.17, 15) is 12.8 Å². The molecule has 0 amide bonds. The van der Waals surface area contributed by atoms with Crippen molar-refractivity contribution < 1.29 is 12.8 Å². The second-order valence-electron chi connectivity index (χ2n) is 4.82. The SMILES string of the molecule is O=S(=O)(c1ccc(Br)cc1F)N(CCBr)C1CCCC1. The molecule has 0 bridgehead atoms. The first-order chi connectivity index (χ1) is 9.46. The Hall–Kier alpha value is 0.0200. The molecular weight excluding hydrogens is 413 g/mol. The molecule has 1 aliphatic rings. The lowest BCUT2D eigenvalue weighted by Crippen LogP contribution is -2.40. The fourth-order valence-electron chi connectivity index (χ4n) is 2.59. The first-order valence-corrected chi connectivity index (χ1v) is 9.85. The van der Waals surface area contributed by atoms with E-state index in [0.29, 0.717) is 16.3 Å². The Balaban J connectivity index is 2.39. The summed E-state index contributed by atoms with van der Waals surface area (Å²) in [6.07, 6.45) is 3.76. The molecule has 1 aromatic carbocycles. The summed E-state index contributed by atoms with van der Waals surface area (Å²) >= 11 is 6.43. The fourth-order valence-corrected chi connectivity index (χ4v) is 5.27. The minimum Gasteiger partial charge on any atom is -0.207 e. The van der Waals surface area contributed by atoms with Crippen molar-refractivity contribution in [3.8, 4) is 0 Å². The summed E-state index contributed by atoms with van der Waals surface area (Å²) in [7, 11) is -3.79. The smallest absolute Gasteiger partial charge is 0.207 e. The average Bonchev–Trinajstić information content (AvgIpc) is 2.88. The Kier molecular flexibility index (Phi) is 5.62.